The van der Waals surface area contributed by atoms with E-state index in [1.165, 1.54) is 0 Å². The van der Waals surface area contributed by atoms with Gasteiger partial charge < -0.3 is 19.9 Å². The lowest BCUT2D eigenvalue weighted by molar-refractivity contribution is 0.0762. The highest BCUT2D eigenvalue weighted by molar-refractivity contribution is 5.94. The maximum atomic E-state index is 13.0. The van der Waals surface area contributed by atoms with Crippen LogP contribution in [-0.4, -0.2) is 85.6 Å². The van der Waals surface area contributed by atoms with Crippen molar-refractivity contribution in [2.45, 2.75) is 6.42 Å². The maximum Gasteiger partial charge on any atom is 0.321 e. The molecule has 1 aromatic heterocycles. The van der Waals surface area contributed by atoms with Gasteiger partial charge in [0.1, 0.15) is 5.75 Å². The van der Waals surface area contributed by atoms with E-state index in [0.29, 0.717) is 61.7 Å². The number of amides is 3. The summed E-state index contributed by atoms with van der Waals surface area (Å²) in [7, 11) is 5.49. The number of aromatic nitrogens is 1. The number of nitrogens with zero attached hydrogens (tertiary/aromatic N) is 4. The Morgan fingerprint density at radius 3 is 2.69 bits per heavy atom. The fraction of sp³-hybridized carbons (Fsp3) is 0.375. The Morgan fingerprint density at radius 2 is 1.91 bits per heavy atom. The van der Waals surface area contributed by atoms with E-state index in [9.17, 15) is 9.59 Å². The zero-order valence-corrected chi connectivity index (χ0v) is 18.8. The second-order valence-corrected chi connectivity index (χ2v) is 7.80. The molecule has 8 nitrogen and oxygen atoms in total. The number of methoxy groups -OCH3 is 1. The zero-order chi connectivity index (χ0) is 22.9. The number of nitrogens with one attached hydrogen (secondary N) is 1. The summed E-state index contributed by atoms with van der Waals surface area (Å²) in [6, 6.07) is 8.82. The second-order valence-electron chi connectivity index (χ2n) is 7.80. The van der Waals surface area contributed by atoms with E-state index in [4.69, 9.17) is 4.74 Å². The highest BCUT2D eigenvalue weighted by Crippen LogP contribution is 2.18. The fourth-order valence-electron chi connectivity index (χ4n) is 3.33. The number of carbonyl (C=O) groups excluding carboxylic acids is 2. The van der Waals surface area contributed by atoms with Crippen LogP contribution in [0, 0.1) is 11.8 Å². The molecule has 8 heteroatoms. The third-order valence-corrected chi connectivity index (χ3v) is 5.00. The lowest BCUT2D eigenvalue weighted by atomic mass is 10.2. The van der Waals surface area contributed by atoms with Crippen LogP contribution in [0.15, 0.2) is 42.7 Å². The van der Waals surface area contributed by atoms with Crippen molar-refractivity contribution in [2.24, 2.45) is 0 Å². The van der Waals surface area contributed by atoms with Crippen LogP contribution in [0.1, 0.15) is 22.3 Å². The summed E-state index contributed by atoms with van der Waals surface area (Å²) in [5.74, 6) is 6.68. The largest absolute Gasteiger partial charge is 0.497 e. The Balaban J connectivity index is 1.60. The number of hydrogen-bond acceptors (Lipinski definition) is 5. The van der Waals surface area contributed by atoms with Crippen LogP contribution < -0.4 is 10.1 Å². The molecule has 0 atom stereocenters. The molecule has 2 aromatic rings. The molecule has 0 bridgehead atoms. The normalized spacial score (nSPS) is 13.8. The van der Waals surface area contributed by atoms with Gasteiger partial charge in [-0.1, -0.05) is 17.9 Å². The Morgan fingerprint density at radius 1 is 1.12 bits per heavy atom. The minimum Gasteiger partial charge on any atom is -0.497 e. The van der Waals surface area contributed by atoms with E-state index >= 15 is 0 Å². The molecule has 1 fully saturated rings. The van der Waals surface area contributed by atoms with Gasteiger partial charge in [0.25, 0.3) is 5.91 Å². The first-order valence-electron chi connectivity index (χ1n) is 10.5. The topological polar surface area (TPSA) is 78.0 Å². The molecule has 0 unspecified atom stereocenters. The molecule has 3 amide bonds. The monoisotopic (exact) mass is 435 g/mol. The lowest BCUT2D eigenvalue weighted by Gasteiger charge is -2.22. The average molecular weight is 436 g/mol. The molecule has 32 heavy (non-hydrogen) atoms. The van der Waals surface area contributed by atoms with Gasteiger partial charge in [-0.3, -0.25) is 14.7 Å². The lowest BCUT2D eigenvalue weighted by Crippen LogP contribution is -2.39. The van der Waals surface area contributed by atoms with E-state index in [1.54, 1.807) is 41.4 Å². The molecule has 0 spiro atoms. The van der Waals surface area contributed by atoms with Crippen LogP contribution in [0.25, 0.3) is 0 Å². The van der Waals surface area contributed by atoms with Crippen molar-refractivity contribution in [1.82, 2.24) is 19.7 Å². The summed E-state index contributed by atoms with van der Waals surface area (Å²) in [4.78, 5) is 35.4. The van der Waals surface area contributed by atoms with Gasteiger partial charge in [-0.15, -0.1) is 0 Å². The van der Waals surface area contributed by atoms with E-state index in [0.717, 1.165) is 0 Å². The summed E-state index contributed by atoms with van der Waals surface area (Å²) in [6.07, 6.45) is 3.93. The third-order valence-electron chi connectivity index (χ3n) is 5.00. The predicted molar refractivity (Wildman–Crippen MR) is 124 cm³/mol. The number of anilines is 1. The molecule has 0 radical (unpaired) electrons. The fourth-order valence-corrected chi connectivity index (χ4v) is 3.33. The molecule has 1 aromatic carbocycles. The van der Waals surface area contributed by atoms with Crippen molar-refractivity contribution >= 4 is 17.6 Å². The number of carbonyl (C=O) groups is 2. The first kappa shape index (κ1) is 23.1. The zero-order valence-electron chi connectivity index (χ0n) is 18.8. The van der Waals surface area contributed by atoms with Crippen molar-refractivity contribution < 1.29 is 14.3 Å². The minimum atomic E-state index is -0.188. The number of ether oxygens (including phenoxy) is 1. The van der Waals surface area contributed by atoms with Crippen molar-refractivity contribution in [1.29, 1.82) is 0 Å². The quantitative estimate of drug-likeness (QED) is 0.746. The first-order valence-corrected chi connectivity index (χ1v) is 10.5. The molecule has 1 saturated heterocycles. The number of urea groups is 1. The van der Waals surface area contributed by atoms with Gasteiger partial charge in [0.05, 0.1) is 19.2 Å². The molecule has 168 valence electrons. The first-order chi connectivity index (χ1) is 15.5. The molecule has 1 N–H and O–H groups in total. The van der Waals surface area contributed by atoms with Crippen LogP contribution in [-0.2, 0) is 0 Å². The van der Waals surface area contributed by atoms with E-state index in [1.807, 2.05) is 37.2 Å². The summed E-state index contributed by atoms with van der Waals surface area (Å²) >= 11 is 0. The van der Waals surface area contributed by atoms with Gasteiger partial charge in [0.2, 0.25) is 0 Å². The van der Waals surface area contributed by atoms with Crippen molar-refractivity contribution in [2.75, 3.05) is 59.2 Å². The van der Waals surface area contributed by atoms with E-state index in [-0.39, 0.29) is 11.9 Å². The van der Waals surface area contributed by atoms with Gasteiger partial charge in [0, 0.05) is 55.9 Å². The van der Waals surface area contributed by atoms with Crippen LogP contribution >= 0.6 is 0 Å². The minimum absolute atomic E-state index is 0.0937. The van der Waals surface area contributed by atoms with Crippen molar-refractivity contribution in [3.63, 3.8) is 0 Å². The molecular weight excluding hydrogens is 406 g/mol. The highest BCUT2D eigenvalue weighted by Gasteiger charge is 2.23. The summed E-state index contributed by atoms with van der Waals surface area (Å²) < 4.78 is 5.20. The Kier molecular flexibility index (Phi) is 8.06. The summed E-state index contributed by atoms with van der Waals surface area (Å²) in [6.45, 7) is 2.71. The summed E-state index contributed by atoms with van der Waals surface area (Å²) in [5.41, 5.74) is 1.90. The van der Waals surface area contributed by atoms with Crippen molar-refractivity contribution in [3.8, 4) is 17.6 Å². The molecular formula is C24H29N5O3. The molecule has 1 aliphatic rings. The average Bonchev–Trinajstić information content (AvgIpc) is 3.05. The number of hydrogen-bond donors (Lipinski definition) is 1. The Hall–Kier alpha value is -3.57. The SMILES string of the molecule is COc1cccc(NC(=O)N2CCCN(C(=O)c3cncc(C#CCN(C)C)c3)CC2)c1. The predicted octanol–water partition coefficient (Wildman–Crippen LogP) is 2.38. The van der Waals surface area contributed by atoms with Crippen molar-refractivity contribution in [3.05, 3.63) is 53.9 Å². The van der Waals surface area contributed by atoms with Crippen LogP contribution in [0.4, 0.5) is 10.5 Å². The number of benzene rings is 1. The highest BCUT2D eigenvalue weighted by atomic mass is 16.5. The van der Waals surface area contributed by atoms with Crippen LogP contribution in [0.5, 0.6) is 5.75 Å². The van der Waals surface area contributed by atoms with Gasteiger partial charge in [-0.05, 0) is 38.7 Å². The summed E-state index contributed by atoms with van der Waals surface area (Å²) in [5, 5.41) is 2.90. The van der Waals surface area contributed by atoms with Gasteiger partial charge in [-0.2, -0.15) is 0 Å². The molecule has 0 saturated carbocycles. The number of pyridine rings is 1. The maximum absolute atomic E-state index is 13.0. The Labute approximate surface area is 189 Å². The molecule has 2 heterocycles. The van der Waals surface area contributed by atoms with Gasteiger partial charge in [-0.25, -0.2) is 4.79 Å². The van der Waals surface area contributed by atoms with Gasteiger partial charge in [0.15, 0.2) is 0 Å². The van der Waals surface area contributed by atoms with Gasteiger partial charge >= 0.3 is 6.03 Å². The van der Waals surface area contributed by atoms with E-state index < -0.39 is 0 Å². The number of rotatable bonds is 4. The molecule has 1 aliphatic heterocycles. The van der Waals surface area contributed by atoms with Crippen LogP contribution in [0.3, 0.4) is 0 Å². The van der Waals surface area contributed by atoms with E-state index in [2.05, 4.69) is 22.1 Å². The molecule has 3 rings (SSSR count). The smallest absolute Gasteiger partial charge is 0.321 e. The standard InChI is InChI=1S/C24H29N5O3/c1-27(2)10-5-7-19-15-20(18-25-17-19)23(30)28-11-6-12-29(14-13-28)24(31)26-21-8-4-9-22(16-21)32-3/h4,8-9,15-18H,6,10-14H2,1-3H3,(H,26,31). The second kappa shape index (κ2) is 11.2. The van der Waals surface area contributed by atoms with Crippen LogP contribution in [0.2, 0.25) is 0 Å². The Bertz CT molecular complexity index is 1010. The third kappa shape index (κ3) is 6.46. The molecule has 0 aliphatic carbocycles.